The number of amides is 1. The second-order valence-corrected chi connectivity index (χ2v) is 9.09. The smallest absolute Gasteiger partial charge is 0.349 e. The molecule has 5 rings (SSSR count). The molecular weight excluding hydrogens is 486 g/mol. The molecule has 0 aliphatic rings. The first-order valence-corrected chi connectivity index (χ1v) is 12.9. The Morgan fingerprint density at radius 1 is 0.718 bits per heavy atom. The van der Waals surface area contributed by atoms with E-state index in [0.29, 0.717) is 25.1 Å². The van der Waals surface area contributed by atoms with Gasteiger partial charge in [0.1, 0.15) is 11.4 Å². The average molecular weight is 516 g/mol. The summed E-state index contributed by atoms with van der Waals surface area (Å²) in [6.45, 7) is 0.824. The Balaban J connectivity index is 1.33. The number of aromatic nitrogens is 2. The molecule has 0 saturated heterocycles. The summed E-state index contributed by atoms with van der Waals surface area (Å²) in [5, 5.41) is 2.68. The van der Waals surface area contributed by atoms with E-state index < -0.39 is 11.3 Å². The van der Waals surface area contributed by atoms with Crippen molar-refractivity contribution >= 4 is 11.7 Å². The van der Waals surface area contributed by atoms with Gasteiger partial charge in [-0.25, -0.2) is 4.79 Å². The van der Waals surface area contributed by atoms with Crippen molar-refractivity contribution < 1.29 is 9.53 Å². The normalized spacial score (nSPS) is 11.2. The molecule has 6 heteroatoms. The third-order valence-electron chi connectivity index (χ3n) is 6.55. The van der Waals surface area contributed by atoms with Gasteiger partial charge in [-0.3, -0.25) is 9.36 Å². The maximum absolute atomic E-state index is 12.7. The van der Waals surface area contributed by atoms with Crippen LogP contribution in [0.3, 0.4) is 0 Å². The Kier molecular flexibility index (Phi) is 8.05. The van der Waals surface area contributed by atoms with Crippen LogP contribution in [0.4, 0.5) is 5.82 Å². The van der Waals surface area contributed by atoms with Gasteiger partial charge < -0.3 is 10.1 Å². The SMILES string of the molecule is O=C(Nc1ccn(CCCOC(c2ccccc2)(c2ccccc2)c2ccccc2)c(=O)n1)c1ccccc1. The minimum absolute atomic E-state index is 0.220. The van der Waals surface area contributed by atoms with Gasteiger partial charge in [0.25, 0.3) is 5.91 Å². The predicted octanol–water partition coefficient (Wildman–Crippen LogP) is 5.89. The van der Waals surface area contributed by atoms with Crippen LogP contribution in [0.5, 0.6) is 0 Å². The molecule has 0 fully saturated rings. The zero-order chi connectivity index (χ0) is 26.9. The highest BCUT2D eigenvalue weighted by Gasteiger charge is 2.37. The zero-order valence-electron chi connectivity index (χ0n) is 21.4. The van der Waals surface area contributed by atoms with Gasteiger partial charge in [-0.2, -0.15) is 4.98 Å². The summed E-state index contributed by atoms with van der Waals surface area (Å²) >= 11 is 0. The fraction of sp³-hybridized carbons (Fsp3) is 0.121. The van der Waals surface area contributed by atoms with E-state index in [0.717, 1.165) is 16.7 Å². The van der Waals surface area contributed by atoms with Gasteiger partial charge >= 0.3 is 5.69 Å². The number of carbonyl (C=O) groups is 1. The minimum atomic E-state index is -0.807. The lowest BCUT2D eigenvalue weighted by atomic mass is 9.80. The lowest BCUT2D eigenvalue weighted by Crippen LogP contribution is -2.33. The highest BCUT2D eigenvalue weighted by molar-refractivity contribution is 6.03. The van der Waals surface area contributed by atoms with Crippen LogP contribution in [-0.2, 0) is 16.9 Å². The van der Waals surface area contributed by atoms with Crippen molar-refractivity contribution in [2.24, 2.45) is 0 Å². The van der Waals surface area contributed by atoms with Crippen LogP contribution in [0, 0.1) is 0 Å². The summed E-state index contributed by atoms with van der Waals surface area (Å²) < 4.78 is 8.31. The quantitative estimate of drug-likeness (QED) is 0.186. The molecule has 194 valence electrons. The fourth-order valence-electron chi connectivity index (χ4n) is 4.68. The highest BCUT2D eigenvalue weighted by Crippen LogP contribution is 2.40. The minimum Gasteiger partial charge on any atom is -0.361 e. The van der Waals surface area contributed by atoms with Gasteiger partial charge in [-0.05, 0) is 41.3 Å². The van der Waals surface area contributed by atoms with Crippen LogP contribution >= 0.6 is 0 Å². The second kappa shape index (κ2) is 12.2. The van der Waals surface area contributed by atoms with Gasteiger partial charge in [-0.15, -0.1) is 0 Å². The molecule has 1 N–H and O–H groups in total. The summed E-state index contributed by atoms with van der Waals surface area (Å²) in [4.78, 5) is 29.1. The number of anilines is 1. The molecule has 0 radical (unpaired) electrons. The maximum atomic E-state index is 12.7. The third-order valence-corrected chi connectivity index (χ3v) is 6.55. The molecule has 1 aromatic heterocycles. The molecule has 0 atom stereocenters. The molecule has 0 spiro atoms. The fourth-order valence-corrected chi connectivity index (χ4v) is 4.68. The molecule has 0 saturated carbocycles. The van der Waals surface area contributed by atoms with E-state index in [4.69, 9.17) is 4.74 Å². The maximum Gasteiger partial charge on any atom is 0.349 e. The van der Waals surface area contributed by atoms with Crippen LogP contribution in [0.1, 0.15) is 33.5 Å². The van der Waals surface area contributed by atoms with Gasteiger partial charge in [-0.1, -0.05) is 109 Å². The van der Waals surface area contributed by atoms with E-state index in [9.17, 15) is 9.59 Å². The van der Waals surface area contributed by atoms with E-state index >= 15 is 0 Å². The molecule has 0 bridgehead atoms. The Morgan fingerprint density at radius 2 is 1.21 bits per heavy atom. The molecule has 39 heavy (non-hydrogen) atoms. The van der Waals surface area contributed by atoms with Crippen LogP contribution < -0.4 is 11.0 Å². The van der Waals surface area contributed by atoms with Gasteiger partial charge in [0.15, 0.2) is 0 Å². The summed E-state index contributed by atoms with van der Waals surface area (Å²) in [6, 6.07) is 41.0. The van der Waals surface area contributed by atoms with E-state index in [1.54, 1.807) is 36.5 Å². The van der Waals surface area contributed by atoms with Crippen molar-refractivity contribution in [1.82, 2.24) is 9.55 Å². The largest absolute Gasteiger partial charge is 0.361 e. The molecule has 0 unspecified atom stereocenters. The van der Waals surface area contributed by atoms with Crippen molar-refractivity contribution in [3.8, 4) is 0 Å². The van der Waals surface area contributed by atoms with E-state index in [-0.39, 0.29) is 11.7 Å². The number of nitrogens with zero attached hydrogens (tertiary/aromatic N) is 2. The van der Waals surface area contributed by atoms with E-state index in [1.165, 1.54) is 4.57 Å². The molecule has 5 aromatic rings. The monoisotopic (exact) mass is 515 g/mol. The van der Waals surface area contributed by atoms with Crippen LogP contribution in [0.15, 0.2) is 138 Å². The van der Waals surface area contributed by atoms with Crippen molar-refractivity contribution in [3.05, 3.63) is 166 Å². The van der Waals surface area contributed by atoms with Crippen molar-refractivity contribution in [1.29, 1.82) is 0 Å². The number of hydrogen-bond acceptors (Lipinski definition) is 4. The number of ether oxygens (including phenoxy) is 1. The van der Waals surface area contributed by atoms with Crippen molar-refractivity contribution in [2.45, 2.75) is 18.6 Å². The topological polar surface area (TPSA) is 73.2 Å². The van der Waals surface area contributed by atoms with Crippen LogP contribution in [0.25, 0.3) is 0 Å². The summed E-state index contributed by atoms with van der Waals surface area (Å²) in [6.07, 6.45) is 2.24. The zero-order valence-corrected chi connectivity index (χ0v) is 21.4. The first-order valence-electron chi connectivity index (χ1n) is 12.9. The first kappa shape index (κ1) is 25.8. The predicted molar refractivity (Wildman–Crippen MR) is 153 cm³/mol. The molecule has 1 amide bonds. The summed E-state index contributed by atoms with van der Waals surface area (Å²) in [7, 11) is 0. The molecule has 6 nitrogen and oxygen atoms in total. The molecule has 0 aliphatic carbocycles. The Bertz CT molecular complexity index is 1460. The van der Waals surface area contributed by atoms with Crippen molar-refractivity contribution in [2.75, 3.05) is 11.9 Å². The standard InChI is InChI=1S/C33H29N3O3/c37-31(26-14-5-1-6-15-26)34-30-22-24-36(32(38)35-30)23-13-25-39-33(27-16-7-2-8-17-27,28-18-9-3-10-19-28)29-20-11-4-12-21-29/h1-12,14-22,24H,13,23,25H2,(H,34,35,37,38). The number of rotatable bonds is 10. The Hall–Kier alpha value is -4.81. The Morgan fingerprint density at radius 3 is 1.69 bits per heavy atom. The first-order chi connectivity index (χ1) is 19.2. The molecule has 4 aromatic carbocycles. The lowest BCUT2D eigenvalue weighted by molar-refractivity contribution is 0.00992. The number of nitrogens with one attached hydrogen (secondary N) is 1. The van der Waals surface area contributed by atoms with Crippen LogP contribution in [0.2, 0.25) is 0 Å². The number of aryl methyl sites for hydroxylation is 1. The number of carbonyl (C=O) groups excluding carboxylic acids is 1. The third kappa shape index (κ3) is 5.87. The van der Waals surface area contributed by atoms with Gasteiger partial charge in [0, 0.05) is 18.3 Å². The second-order valence-electron chi connectivity index (χ2n) is 9.09. The van der Waals surface area contributed by atoms with Crippen LogP contribution in [-0.4, -0.2) is 22.1 Å². The highest BCUT2D eigenvalue weighted by atomic mass is 16.5. The lowest BCUT2D eigenvalue weighted by Gasteiger charge is -2.36. The van der Waals surface area contributed by atoms with E-state index in [1.807, 2.05) is 60.7 Å². The number of benzene rings is 4. The Labute approximate surface area is 227 Å². The number of hydrogen-bond donors (Lipinski definition) is 1. The molecule has 1 heterocycles. The molecular formula is C33H29N3O3. The van der Waals surface area contributed by atoms with Gasteiger partial charge in [0.2, 0.25) is 0 Å². The summed E-state index contributed by atoms with van der Waals surface area (Å²) in [5.74, 6) is -0.0923. The van der Waals surface area contributed by atoms with E-state index in [2.05, 4.69) is 46.7 Å². The molecule has 0 aliphatic heterocycles. The summed E-state index contributed by atoms with van der Waals surface area (Å²) in [5.41, 5.74) is 2.35. The van der Waals surface area contributed by atoms with Gasteiger partial charge in [0.05, 0.1) is 6.61 Å². The van der Waals surface area contributed by atoms with Crippen molar-refractivity contribution in [3.63, 3.8) is 0 Å². The average Bonchev–Trinajstić information content (AvgIpc) is 3.00.